The molecule has 2 N–H and O–H groups in total. The van der Waals surface area contributed by atoms with E-state index in [-0.39, 0.29) is 23.5 Å². The molecule has 0 radical (unpaired) electrons. The maximum absolute atomic E-state index is 13.5. The number of hydrogen-bond donors (Lipinski definition) is 2. The lowest BCUT2D eigenvalue weighted by atomic mass is 9.80. The summed E-state index contributed by atoms with van der Waals surface area (Å²) in [6.45, 7) is 1.94. The fraction of sp³-hybridized carbons (Fsp3) is 0.400. The molecule has 2 heterocycles. The standard InChI is InChI=1S/C25H28N4O4/c1-2-8-19(21(30)23-27-18-9-4-5-10-20(18)33-23)28-24(32)25(13-6-3-7-14-25)29-22(31)17-11-15-26-16-12-17/h4-5,9-12,15-16,19H,2-3,6-8,13-14H2,1H3,(H,28,32)(H,29,31)/t19-/m0/s1. The summed E-state index contributed by atoms with van der Waals surface area (Å²) < 4.78 is 5.64. The van der Waals surface area contributed by atoms with Gasteiger partial charge in [0, 0.05) is 18.0 Å². The first kappa shape index (κ1) is 22.6. The van der Waals surface area contributed by atoms with Gasteiger partial charge in [0.15, 0.2) is 5.58 Å². The molecule has 0 spiro atoms. The summed E-state index contributed by atoms with van der Waals surface area (Å²) in [4.78, 5) is 47.9. The summed E-state index contributed by atoms with van der Waals surface area (Å²) in [5, 5.41) is 5.88. The molecule has 4 rings (SSSR count). The minimum Gasteiger partial charge on any atom is -0.434 e. The molecule has 8 nitrogen and oxygen atoms in total. The summed E-state index contributed by atoms with van der Waals surface area (Å²) in [6.07, 6.45) is 7.89. The minimum atomic E-state index is -1.06. The Hall–Kier alpha value is -3.55. The number of ketones is 1. The second kappa shape index (κ2) is 9.94. The van der Waals surface area contributed by atoms with Crippen LogP contribution in [0.15, 0.2) is 53.2 Å². The number of aromatic nitrogens is 2. The third-order valence-electron chi connectivity index (χ3n) is 6.14. The Morgan fingerprint density at radius 3 is 2.48 bits per heavy atom. The van der Waals surface area contributed by atoms with E-state index in [2.05, 4.69) is 20.6 Å². The fourth-order valence-corrected chi connectivity index (χ4v) is 4.34. The lowest BCUT2D eigenvalue weighted by Gasteiger charge is -2.37. The summed E-state index contributed by atoms with van der Waals surface area (Å²) in [5.41, 5.74) is 0.494. The molecule has 0 unspecified atom stereocenters. The Bertz CT molecular complexity index is 1100. The third-order valence-corrected chi connectivity index (χ3v) is 6.14. The molecule has 1 aromatic carbocycles. The summed E-state index contributed by atoms with van der Waals surface area (Å²) >= 11 is 0. The average Bonchev–Trinajstić information content (AvgIpc) is 3.29. The highest BCUT2D eigenvalue weighted by atomic mass is 16.4. The van der Waals surface area contributed by atoms with E-state index in [1.165, 1.54) is 0 Å². The van der Waals surface area contributed by atoms with Gasteiger partial charge in [-0.3, -0.25) is 19.4 Å². The Morgan fingerprint density at radius 1 is 1.06 bits per heavy atom. The highest BCUT2D eigenvalue weighted by Crippen LogP contribution is 2.29. The SMILES string of the molecule is CCC[C@H](NC(=O)C1(NC(=O)c2ccncc2)CCCCC1)C(=O)c1nc2ccccc2o1. The van der Waals surface area contributed by atoms with E-state index in [9.17, 15) is 14.4 Å². The first-order valence-electron chi connectivity index (χ1n) is 11.5. The fourth-order valence-electron chi connectivity index (χ4n) is 4.34. The maximum Gasteiger partial charge on any atom is 0.266 e. The molecule has 1 aliphatic rings. The number of fused-ring (bicyclic) bond motifs is 1. The number of hydrogen-bond acceptors (Lipinski definition) is 6. The zero-order valence-corrected chi connectivity index (χ0v) is 18.7. The molecule has 1 saturated carbocycles. The predicted octanol–water partition coefficient (Wildman–Crippen LogP) is 3.82. The second-order valence-electron chi connectivity index (χ2n) is 8.50. The van der Waals surface area contributed by atoms with Gasteiger partial charge in [0.05, 0.1) is 6.04 Å². The van der Waals surface area contributed by atoms with Gasteiger partial charge in [-0.15, -0.1) is 0 Å². The Labute approximate surface area is 192 Å². The van der Waals surface area contributed by atoms with Crippen molar-refractivity contribution in [1.29, 1.82) is 0 Å². The van der Waals surface area contributed by atoms with Gasteiger partial charge >= 0.3 is 0 Å². The zero-order chi connectivity index (χ0) is 23.3. The highest BCUT2D eigenvalue weighted by Gasteiger charge is 2.42. The number of pyridine rings is 1. The van der Waals surface area contributed by atoms with Crippen molar-refractivity contribution in [1.82, 2.24) is 20.6 Å². The molecule has 33 heavy (non-hydrogen) atoms. The van der Waals surface area contributed by atoms with Crippen LogP contribution in [-0.2, 0) is 4.79 Å². The number of nitrogens with zero attached hydrogens (tertiary/aromatic N) is 2. The van der Waals surface area contributed by atoms with Crippen molar-refractivity contribution in [3.63, 3.8) is 0 Å². The largest absolute Gasteiger partial charge is 0.434 e. The predicted molar refractivity (Wildman–Crippen MR) is 123 cm³/mol. The molecule has 2 aromatic heterocycles. The van der Waals surface area contributed by atoms with Crippen molar-refractivity contribution >= 4 is 28.7 Å². The maximum atomic E-state index is 13.5. The number of Topliss-reactive ketones (excluding diaryl/α,β-unsaturated/α-hetero) is 1. The Balaban J connectivity index is 1.55. The van der Waals surface area contributed by atoms with Crippen molar-refractivity contribution in [2.24, 2.45) is 0 Å². The van der Waals surface area contributed by atoms with Gasteiger partial charge in [-0.1, -0.05) is 44.7 Å². The van der Waals surface area contributed by atoms with Gasteiger partial charge in [-0.25, -0.2) is 4.98 Å². The van der Waals surface area contributed by atoms with Gasteiger partial charge in [-0.05, 0) is 43.5 Å². The topological polar surface area (TPSA) is 114 Å². The molecule has 0 saturated heterocycles. The first-order valence-corrected chi connectivity index (χ1v) is 11.5. The lowest BCUT2D eigenvalue weighted by molar-refractivity contribution is -0.129. The third kappa shape index (κ3) is 4.94. The molecule has 172 valence electrons. The first-order chi connectivity index (χ1) is 16.0. The van der Waals surface area contributed by atoms with Crippen molar-refractivity contribution in [3.05, 3.63) is 60.2 Å². The summed E-state index contributed by atoms with van der Waals surface area (Å²) in [7, 11) is 0. The minimum absolute atomic E-state index is 0.0199. The smallest absolute Gasteiger partial charge is 0.266 e. The van der Waals surface area contributed by atoms with Gasteiger partial charge in [0.25, 0.3) is 11.8 Å². The van der Waals surface area contributed by atoms with E-state index in [0.717, 1.165) is 19.3 Å². The van der Waals surface area contributed by atoms with Gasteiger partial charge in [0.2, 0.25) is 11.7 Å². The summed E-state index contributed by atoms with van der Waals surface area (Å²) in [6, 6.07) is 9.59. The number of para-hydroxylation sites is 2. The molecular weight excluding hydrogens is 420 g/mol. The van der Waals surface area contributed by atoms with E-state index in [1.54, 1.807) is 36.7 Å². The molecule has 8 heteroatoms. The number of carbonyl (C=O) groups excluding carboxylic acids is 3. The number of benzene rings is 1. The van der Waals surface area contributed by atoms with E-state index >= 15 is 0 Å². The highest BCUT2D eigenvalue weighted by molar-refractivity contribution is 6.03. The van der Waals surface area contributed by atoms with Crippen molar-refractivity contribution in [2.75, 3.05) is 0 Å². The summed E-state index contributed by atoms with van der Waals surface area (Å²) in [5.74, 6) is -1.06. The van der Waals surface area contributed by atoms with Crippen LogP contribution in [0.5, 0.6) is 0 Å². The molecule has 0 bridgehead atoms. The van der Waals surface area contributed by atoms with Crippen LogP contribution in [0.2, 0.25) is 0 Å². The molecule has 3 aromatic rings. The van der Waals surface area contributed by atoms with E-state index in [4.69, 9.17) is 4.42 Å². The van der Waals surface area contributed by atoms with Crippen LogP contribution in [0.1, 0.15) is 72.9 Å². The average molecular weight is 449 g/mol. The number of amides is 2. The molecular formula is C25H28N4O4. The number of oxazole rings is 1. The van der Waals surface area contributed by atoms with Crippen molar-refractivity contribution in [2.45, 2.75) is 63.5 Å². The van der Waals surface area contributed by atoms with Gasteiger partial charge in [-0.2, -0.15) is 0 Å². The van der Waals surface area contributed by atoms with E-state index in [0.29, 0.717) is 42.3 Å². The molecule has 1 atom stereocenters. The van der Waals surface area contributed by atoms with Crippen LogP contribution in [0.4, 0.5) is 0 Å². The molecule has 0 aliphatic heterocycles. The van der Waals surface area contributed by atoms with Crippen LogP contribution >= 0.6 is 0 Å². The molecule has 1 fully saturated rings. The Kier molecular flexibility index (Phi) is 6.82. The van der Waals surface area contributed by atoms with Crippen molar-refractivity contribution < 1.29 is 18.8 Å². The van der Waals surface area contributed by atoms with E-state index in [1.807, 2.05) is 19.1 Å². The monoisotopic (exact) mass is 448 g/mol. The van der Waals surface area contributed by atoms with Crippen LogP contribution < -0.4 is 10.6 Å². The van der Waals surface area contributed by atoms with Crippen molar-refractivity contribution in [3.8, 4) is 0 Å². The lowest BCUT2D eigenvalue weighted by Crippen LogP contribution is -2.62. The second-order valence-corrected chi connectivity index (χ2v) is 8.50. The molecule has 1 aliphatic carbocycles. The van der Waals surface area contributed by atoms with Crippen LogP contribution in [-0.4, -0.2) is 39.1 Å². The van der Waals surface area contributed by atoms with Gasteiger partial charge in [0.1, 0.15) is 11.1 Å². The van der Waals surface area contributed by atoms with Crippen LogP contribution in [0, 0.1) is 0 Å². The van der Waals surface area contributed by atoms with E-state index < -0.39 is 11.6 Å². The zero-order valence-electron chi connectivity index (χ0n) is 18.7. The normalized spacial score (nSPS) is 16.2. The van der Waals surface area contributed by atoms with Crippen LogP contribution in [0.3, 0.4) is 0 Å². The Morgan fingerprint density at radius 2 is 1.79 bits per heavy atom. The van der Waals surface area contributed by atoms with Crippen LogP contribution in [0.25, 0.3) is 11.1 Å². The number of nitrogens with one attached hydrogen (secondary N) is 2. The van der Waals surface area contributed by atoms with Gasteiger partial charge < -0.3 is 15.1 Å². The quantitative estimate of drug-likeness (QED) is 0.506. The number of carbonyl (C=O) groups is 3. The molecule has 2 amide bonds. The number of rotatable bonds is 8.